The van der Waals surface area contributed by atoms with E-state index in [1.54, 1.807) is 36.7 Å². The number of nitrogens with one attached hydrogen (secondary N) is 2. The van der Waals surface area contributed by atoms with Gasteiger partial charge in [0.25, 0.3) is 0 Å². The second-order valence-corrected chi connectivity index (χ2v) is 7.84. The van der Waals surface area contributed by atoms with Crippen LogP contribution in [0.1, 0.15) is 6.42 Å². The molecule has 1 atom stereocenters. The highest BCUT2D eigenvalue weighted by Crippen LogP contribution is 2.24. The largest absolute Gasteiger partial charge is 0.457 e. The molecule has 2 aromatic heterocycles. The minimum atomic E-state index is -0.344. The Balaban J connectivity index is 1.33. The quantitative estimate of drug-likeness (QED) is 0.568. The lowest BCUT2D eigenvalue weighted by Gasteiger charge is -2.27. The van der Waals surface area contributed by atoms with Gasteiger partial charge >= 0.3 is 12.0 Å². The number of morpholine rings is 1. The number of hydrogen-bond acceptors (Lipinski definition) is 9. The van der Waals surface area contributed by atoms with Crippen molar-refractivity contribution in [3.63, 3.8) is 0 Å². The molecule has 176 valence electrons. The molecule has 11 heteroatoms. The van der Waals surface area contributed by atoms with Crippen molar-refractivity contribution in [1.29, 1.82) is 0 Å². The number of amides is 2. The van der Waals surface area contributed by atoms with Crippen LogP contribution in [0.25, 0.3) is 11.4 Å². The maximum atomic E-state index is 12.2. The van der Waals surface area contributed by atoms with Gasteiger partial charge in [0.15, 0.2) is 5.82 Å². The zero-order valence-corrected chi connectivity index (χ0v) is 18.5. The van der Waals surface area contributed by atoms with Crippen molar-refractivity contribution in [3.05, 3.63) is 48.8 Å². The van der Waals surface area contributed by atoms with Gasteiger partial charge in [-0.2, -0.15) is 15.0 Å². The fourth-order valence-corrected chi connectivity index (χ4v) is 3.62. The molecule has 2 fully saturated rings. The topological polar surface area (TPSA) is 124 Å². The maximum absolute atomic E-state index is 12.2. The number of aromatic nitrogens is 4. The van der Waals surface area contributed by atoms with Crippen LogP contribution in [0.4, 0.5) is 22.1 Å². The van der Waals surface area contributed by atoms with Gasteiger partial charge in [0.1, 0.15) is 6.10 Å². The van der Waals surface area contributed by atoms with Crippen LogP contribution < -0.4 is 20.3 Å². The van der Waals surface area contributed by atoms with E-state index in [2.05, 4.69) is 35.5 Å². The lowest BCUT2D eigenvalue weighted by molar-refractivity contribution is 0.121. The molecular formula is C23H25N7O4. The average Bonchev–Trinajstić information content (AvgIpc) is 3.38. The van der Waals surface area contributed by atoms with E-state index in [1.165, 1.54) is 0 Å². The summed E-state index contributed by atoms with van der Waals surface area (Å²) in [4.78, 5) is 32.0. The summed E-state index contributed by atoms with van der Waals surface area (Å²) in [5.74, 6) is 1.05. The Morgan fingerprint density at radius 2 is 1.65 bits per heavy atom. The standard InChI is InChI=1S/C23H25N7O4/c31-22(26-18-5-8-24-9-6-18)25-17-3-1-16(2-4-17)20-27-21(30-10-13-32-14-11-30)29-23(28-20)34-19-7-12-33-15-19/h1-6,8-9,19H,7,10-15H2,(H2,24,25,26,31). The lowest BCUT2D eigenvalue weighted by Crippen LogP contribution is -2.37. The number of anilines is 3. The predicted octanol–water partition coefficient (Wildman–Crippen LogP) is 2.58. The molecule has 2 aliphatic rings. The molecule has 2 N–H and O–H groups in total. The van der Waals surface area contributed by atoms with Crippen molar-refractivity contribution in [2.75, 3.05) is 55.1 Å². The van der Waals surface area contributed by atoms with Crippen LogP contribution >= 0.6 is 0 Å². The summed E-state index contributed by atoms with van der Waals surface area (Å²) in [6, 6.07) is 10.7. The van der Waals surface area contributed by atoms with Crippen molar-refractivity contribution in [2.24, 2.45) is 0 Å². The Hall–Kier alpha value is -3.83. The minimum Gasteiger partial charge on any atom is -0.457 e. The number of pyridine rings is 1. The van der Waals surface area contributed by atoms with Gasteiger partial charge in [0.05, 0.1) is 26.4 Å². The first kappa shape index (κ1) is 22.0. The van der Waals surface area contributed by atoms with E-state index in [0.29, 0.717) is 62.7 Å². The van der Waals surface area contributed by atoms with Crippen molar-refractivity contribution < 1.29 is 19.0 Å². The summed E-state index contributed by atoms with van der Waals surface area (Å²) in [6.45, 7) is 3.83. The second kappa shape index (κ2) is 10.4. The number of urea groups is 1. The van der Waals surface area contributed by atoms with Gasteiger partial charge in [0.2, 0.25) is 5.95 Å². The number of carbonyl (C=O) groups is 1. The monoisotopic (exact) mass is 463 g/mol. The van der Waals surface area contributed by atoms with E-state index in [1.807, 2.05) is 12.1 Å². The van der Waals surface area contributed by atoms with E-state index in [-0.39, 0.29) is 18.1 Å². The zero-order chi connectivity index (χ0) is 23.2. The van der Waals surface area contributed by atoms with Gasteiger partial charge in [-0.25, -0.2) is 4.79 Å². The van der Waals surface area contributed by atoms with Crippen LogP contribution in [0.5, 0.6) is 6.01 Å². The van der Waals surface area contributed by atoms with E-state index in [0.717, 1.165) is 12.0 Å². The molecule has 3 aromatic rings. The predicted molar refractivity (Wildman–Crippen MR) is 125 cm³/mol. The molecule has 5 rings (SSSR count). The fourth-order valence-electron chi connectivity index (χ4n) is 3.62. The maximum Gasteiger partial charge on any atom is 0.323 e. The van der Waals surface area contributed by atoms with Crippen molar-refractivity contribution in [1.82, 2.24) is 19.9 Å². The van der Waals surface area contributed by atoms with E-state index in [9.17, 15) is 4.79 Å². The second-order valence-electron chi connectivity index (χ2n) is 7.84. The fraction of sp³-hybridized carbons (Fsp3) is 0.348. The number of rotatable bonds is 6. The first-order chi connectivity index (χ1) is 16.7. The molecule has 11 nitrogen and oxygen atoms in total. The number of nitrogens with zero attached hydrogens (tertiary/aromatic N) is 5. The Labute approximate surface area is 196 Å². The van der Waals surface area contributed by atoms with Gasteiger partial charge in [0, 0.05) is 48.8 Å². The number of benzene rings is 1. The molecule has 1 unspecified atom stereocenters. The molecule has 0 saturated carbocycles. The van der Waals surface area contributed by atoms with Gasteiger partial charge in [-0.05, 0) is 36.4 Å². The molecule has 2 saturated heterocycles. The molecule has 0 bridgehead atoms. The van der Waals surface area contributed by atoms with E-state index >= 15 is 0 Å². The van der Waals surface area contributed by atoms with E-state index in [4.69, 9.17) is 14.2 Å². The summed E-state index contributed by atoms with van der Waals surface area (Å²) < 4.78 is 16.8. The highest BCUT2D eigenvalue weighted by Gasteiger charge is 2.22. The molecule has 0 spiro atoms. The Morgan fingerprint density at radius 3 is 2.35 bits per heavy atom. The van der Waals surface area contributed by atoms with Gasteiger partial charge in [-0.1, -0.05) is 0 Å². The molecule has 2 amide bonds. The number of ether oxygens (including phenoxy) is 3. The Bertz CT molecular complexity index is 1100. The summed E-state index contributed by atoms with van der Waals surface area (Å²) in [5, 5.41) is 5.56. The van der Waals surface area contributed by atoms with Crippen LogP contribution in [-0.2, 0) is 9.47 Å². The van der Waals surface area contributed by atoms with Crippen LogP contribution in [0.2, 0.25) is 0 Å². The molecule has 1 aromatic carbocycles. The van der Waals surface area contributed by atoms with E-state index < -0.39 is 0 Å². The van der Waals surface area contributed by atoms with Crippen LogP contribution in [0.3, 0.4) is 0 Å². The minimum absolute atomic E-state index is 0.0710. The third-order valence-electron chi connectivity index (χ3n) is 5.40. The highest BCUT2D eigenvalue weighted by molar-refractivity contribution is 5.99. The molecule has 4 heterocycles. The summed E-state index contributed by atoms with van der Waals surface area (Å²) in [6.07, 6.45) is 3.96. The molecule has 2 aliphatic heterocycles. The highest BCUT2D eigenvalue weighted by atomic mass is 16.6. The van der Waals surface area contributed by atoms with Crippen LogP contribution in [-0.4, -0.2) is 71.6 Å². The third-order valence-corrected chi connectivity index (χ3v) is 5.40. The van der Waals surface area contributed by atoms with Crippen molar-refractivity contribution in [2.45, 2.75) is 12.5 Å². The van der Waals surface area contributed by atoms with Crippen molar-refractivity contribution >= 4 is 23.4 Å². The Kier molecular flexibility index (Phi) is 6.73. The first-order valence-electron chi connectivity index (χ1n) is 11.1. The zero-order valence-electron chi connectivity index (χ0n) is 18.5. The summed E-state index contributed by atoms with van der Waals surface area (Å²) in [5.41, 5.74) is 2.08. The SMILES string of the molecule is O=C(Nc1ccncc1)Nc1ccc(-c2nc(OC3CCOC3)nc(N3CCOCC3)n2)cc1. The third kappa shape index (κ3) is 5.56. The summed E-state index contributed by atoms with van der Waals surface area (Å²) in [7, 11) is 0. The molecule has 0 aliphatic carbocycles. The first-order valence-corrected chi connectivity index (χ1v) is 11.1. The smallest absolute Gasteiger partial charge is 0.323 e. The molecular weight excluding hydrogens is 438 g/mol. The molecule has 34 heavy (non-hydrogen) atoms. The molecule has 0 radical (unpaired) electrons. The lowest BCUT2D eigenvalue weighted by atomic mass is 10.2. The van der Waals surface area contributed by atoms with Crippen LogP contribution in [0, 0.1) is 0 Å². The van der Waals surface area contributed by atoms with Crippen molar-refractivity contribution in [3.8, 4) is 17.4 Å². The normalized spacial score (nSPS) is 17.9. The summed E-state index contributed by atoms with van der Waals surface area (Å²) >= 11 is 0. The number of carbonyl (C=O) groups excluding carboxylic acids is 1. The van der Waals surface area contributed by atoms with Gasteiger partial charge in [-0.15, -0.1) is 0 Å². The van der Waals surface area contributed by atoms with Gasteiger partial charge < -0.3 is 29.7 Å². The number of hydrogen-bond donors (Lipinski definition) is 2. The van der Waals surface area contributed by atoms with Gasteiger partial charge in [-0.3, -0.25) is 4.98 Å². The average molecular weight is 463 g/mol. The Morgan fingerprint density at radius 1 is 0.912 bits per heavy atom. The van der Waals surface area contributed by atoms with Crippen LogP contribution in [0.15, 0.2) is 48.8 Å².